The molecule has 4 heterocycles. The maximum atomic E-state index is 12.7. The summed E-state index contributed by atoms with van der Waals surface area (Å²) in [6, 6.07) is 9.38. The second-order valence-electron chi connectivity index (χ2n) is 6.92. The number of aryl methyl sites for hydroxylation is 1. The lowest BCUT2D eigenvalue weighted by Gasteiger charge is -2.32. The van der Waals surface area contributed by atoms with E-state index in [1.165, 1.54) is 12.0 Å². The van der Waals surface area contributed by atoms with Crippen molar-refractivity contribution < 1.29 is 19.2 Å². The summed E-state index contributed by atoms with van der Waals surface area (Å²) in [5, 5.41) is 2.26. The number of amides is 1. The van der Waals surface area contributed by atoms with Crippen LogP contribution in [0.2, 0.25) is 0 Å². The summed E-state index contributed by atoms with van der Waals surface area (Å²) in [6.45, 7) is 5.27. The SMILES string of the molecule is CCn1cc(N2CCN(OC(C)=O)CC2=O)c2ccc(OCc3ccccn3)nc21. The predicted octanol–water partition coefficient (Wildman–Crippen LogP) is 2.16. The summed E-state index contributed by atoms with van der Waals surface area (Å²) in [6.07, 6.45) is 3.65. The van der Waals surface area contributed by atoms with Crippen molar-refractivity contribution in [1.29, 1.82) is 0 Å². The maximum Gasteiger partial charge on any atom is 0.322 e. The fourth-order valence-electron chi connectivity index (χ4n) is 3.46. The Morgan fingerprint density at radius 1 is 1.20 bits per heavy atom. The lowest BCUT2D eigenvalue weighted by molar-refractivity contribution is -0.190. The molecule has 0 aromatic carbocycles. The summed E-state index contributed by atoms with van der Waals surface area (Å²) in [5.74, 6) is -0.0621. The van der Waals surface area contributed by atoms with E-state index < -0.39 is 5.97 Å². The summed E-state index contributed by atoms with van der Waals surface area (Å²) < 4.78 is 7.79. The lowest BCUT2D eigenvalue weighted by Crippen LogP contribution is -2.50. The quantitative estimate of drug-likeness (QED) is 0.616. The number of aromatic nitrogens is 3. The number of rotatable bonds is 6. The van der Waals surface area contributed by atoms with Gasteiger partial charge in [-0.15, -0.1) is 5.06 Å². The molecule has 156 valence electrons. The zero-order valence-corrected chi connectivity index (χ0v) is 16.9. The number of anilines is 1. The number of fused-ring (bicyclic) bond motifs is 1. The smallest absolute Gasteiger partial charge is 0.322 e. The molecule has 9 nitrogen and oxygen atoms in total. The monoisotopic (exact) mass is 409 g/mol. The average molecular weight is 409 g/mol. The summed E-state index contributed by atoms with van der Waals surface area (Å²) in [7, 11) is 0. The van der Waals surface area contributed by atoms with Gasteiger partial charge >= 0.3 is 5.97 Å². The van der Waals surface area contributed by atoms with Crippen molar-refractivity contribution in [3.05, 3.63) is 48.4 Å². The number of nitrogens with zero attached hydrogens (tertiary/aromatic N) is 5. The van der Waals surface area contributed by atoms with Crippen LogP contribution in [-0.2, 0) is 27.6 Å². The van der Waals surface area contributed by atoms with Gasteiger partial charge in [0, 0.05) is 43.9 Å². The molecule has 0 aliphatic carbocycles. The largest absolute Gasteiger partial charge is 0.471 e. The maximum absolute atomic E-state index is 12.7. The van der Waals surface area contributed by atoms with Crippen LogP contribution in [-0.4, -0.2) is 51.1 Å². The predicted molar refractivity (Wildman–Crippen MR) is 110 cm³/mol. The number of piperazine rings is 1. The van der Waals surface area contributed by atoms with Crippen LogP contribution in [0.4, 0.5) is 5.69 Å². The van der Waals surface area contributed by atoms with Crippen LogP contribution in [0, 0.1) is 0 Å². The van der Waals surface area contributed by atoms with Gasteiger partial charge in [0.05, 0.1) is 17.9 Å². The Balaban J connectivity index is 1.56. The van der Waals surface area contributed by atoms with E-state index in [0.717, 1.165) is 22.4 Å². The van der Waals surface area contributed by atoms with Gasteiger partial charge < -0.3 is 19.0 Å². The summed E-state index contributed by atoms with van der Waals surface area (Å²) >= 11 is 0. The van der Waals surface area contributed by atoms with Crippen LogP contribution in [0.5, 0.6) is 5.88 Å². The minimum Gasteiger partial charge on any atom is -0.471 e. The first-order valence-corrected chi connectivity index (χ1v) is 9.81. The van der Waals surface area contributed by atoms with E-state index in [1.807, 2.05) is 42.0 Å². The Hall–Kier alpha value is -3.46. The molecular formula is C21H23N5O4. The average Bonchev–Trinajstić information content (AvgIpc) is 3.10. The number of carbonyl (C=O) groups is 2. The molecule has 4 rings (SSSR count). The third kappa shape index (κ3) is 4.11. The van der Waals surface area contributed by atoms with Crippen LogP contribution >= 0.6 is 0 Å². The minimum absolute atomic E-state index is 0.0249. The van der Waals surface area contributed by atoms with Crippen molar-refractivity contribution in [2.75, 3.05) is 24.5 Å². The number of hydroxylamine groups is 2. The molecule has 0 saturated carbocycles. The highest BCUT2D eigenvalue weighted by atomic mass is 16.7. The Morgan fingerprint density at radius 3 is 2.77 bits per heavy atom. The normalized spacial score (nSPS) is 14.9. The first-order chi connectivity index (χ1) is 14.5. The highest BCUT2D eigenvalue weighted by Crippen LogP contribution is 2.31. The van der Waals surface area contributed by atoms with E-state index in [2.05, 4.69) is 9.97 Å². The molecule has 0 atom stereocenters. The molecule has 0 radical (unpaired) electrons. The van der Waals surface area contributed by atoms with Gasteiger partial charge in [0.25, 0.3) is 0 Å². The number of hydrogen-bond acceptors (Lipinski definition) is 7. The van der Waals surface area contributed by atoms with E-state index >= 15 is 0 Å². The van der Waals surface area contributed by atoms with Crippen molar-refractivity contribution in [1.82, 2.24) is 19.6 Å². The molecule has 30 heavy (non-hydrogen) atoms. The highest BCUT2D eigenvalue weighted by molar-refractivity contribution is 6.04. The zero-order chi connectivity index (χ0) is 21.1. The Bertz CT molecular complexity index is 1070. The van der Waals surface area contributed by atoms with Gasteiger partial charge in [-0.25, -0.2) is 0 Å². The standard InChI is InChI=1S/C21H23N5O4/c1-3-24-12-18(26-11-10-25(13-20(26)28)30-15(2)27)17-7-8-19(23-21(17)24)29-14-16-6-4-5-9-22-16/h4-9,12H,3,10-11,13-14H2,1-2H3. The van der Waals surface area contributed by atoms with Crippen molar-refractivity contribution in [3.63, 3.8) is 0 Å². The van der Waals surface area contributed by atoms with E-state index in [-0.39, 0.29) is 12.5 Å². The number of carbonyl (C=O) groups excluding carboxylic acids is 2. The minimum atomic E-state index is -0.429. The number of pyridine rings is 2. The topological polar surface area (TPSA) is 89.8 Å². The molecule has 0 spiro atoms. The molecule has 1 aliphatic rings. The third-order valence-electron chi connectivity index (χ3n) is 4.84. The van der Waals surface area contributed by atoms with E-state index in [9.17, 15) is 9.59 Å². The van der Waals surface area contributed by atoms with E-state index in [4.69, 9.17) is 9.57 Å². The molecular weight excluding hydrogens is 386 g/mol. The number of ether oxygens (including phenoxy) is 1. The molecule has 1 fully saturated rings. The Kier molecular flexibility index (Phi) is 5.62. The van der Waals surface area contributed by atoms with Crippen molar-refractivity contribution in [3.8, 4) is 5.88 Å². The highest BCUT2D eigenvalue weighted by Gasteiger charge is 2.29. The van der Waals surface area contributed by atoms with Crippen LogP contribution < -0.4 is 9.64 Å². The molecule has 3 aromatic heterocycles. The lowest BCUT2D eigenvalue weighted by atomic mass is 10.2. The van der Waals surface area contributed by atoms with Crippen molar-refractivity contribution >= 4 is 28.6 Å². The van der Waals surface area contributed by atoms with Gasteiger partial charge in [0.1, 0.15) is 18.8 Å². The van der Waals surface area contributed by atoms with Crippen LogP contribution in [0.1, 0.15) is 19.5 Å². The van der Waals surface area contributed by atoms with Gasteiger partial charge in [0.2, 0.25) is 11.8 Å². The summed E-state index contributed by atoms with van der Waals surface area (Å²) in [4.78, 5) is 39.5. The molecule has 0 unspecified atom stereocenters. The molecule has 1 aliphatic heterocycles. The number of hydrogen-bond donors (Lipinski definition) is 0. The third-order valence-corrected chi connectivity index (χ3v) is 4.84. The van der Waals surface area contributed by atoms with Crippen LogP contribution in [0.25, 0.3) is 11.0 Å². The Morgan fingerprint density at radius 2 is 2.07 bits per heavy atom. The second-order valence-corrected chi connectivity index (χ2v) is 6.92. The van der Waals surface area contributed by atoms with Gasteiger partial charge in [-0.3, -0.25) is 14.6 Å². The van der Waals surface area contributed by atoms with Gasteiger partial charge in [-0.2, -0.15) is 4.98 Å². The fourth-order valence-corrected chi connectivity index (χ4v) is 3.46. The van der Waals surface area contributed by atoms with Crippen LogP contribution in [0.15, 0.2) is 42.7 Å². The van der Waals surface area contributed by atoms with E-state index in [1.54, 1.807) is 17.2 Å². The zero-order valence-electron chi connectivity index (χ0n) is 16.9. The van der Waals surface area contributed by atoms with Crippen molar-refractivity contribution in [2.45, 2.75) is 27.0 Å². The molecule has 0 N–H and O–H groups in total. The van der Waals surface area contributed by atoms with Gasteiger partial charge in [-0.05, 0) is 25.1 Å². The molecule has 1 amide bonds. The van der Waals surface area contributed by atoms with Gasteiger partial charge in [-0.1, -0.05) is 6.07 Å². The first-order valence-electron chi connectivity index (χ1n) is 9.81. The molecule has 0 bridgehead atoms. The fraction of sp³-hybridized carbons (Fsp3) is 0.333. The van der Waals surface area contributed by atoms with Gasteiger partial charge in [0.15, 0.2) is 0 Å². The summed E-state index contributed by atoms with van der Waals surface area (Å²) in [5.41, 5.74) is 2.37. The van der Waals surface area contributed by atoms with Crippen LogP contribution in [0.3, 0.4) is 0 Å². The first kappa shape index (κ1) is 19.8. The molecule has 9 heteroatoms. The van der Waals surface area contributed by atoms with E-state index in [0.29, 0.717) is 32.1 Å². The second kappa shape index (κ2) is 8.50. The molecule has 1 saturated heterocycles. The molecule has 3 aromatic rings. The van der Waals surface area contributed by atoms with Crippen molar-refractivity contribution in [2.24, 2.45) is 0 Å². The Labute approximate surface area is 173 Å².